The van der Waals surface area contributed by atoms with E-state index in [0.29, 0.717) is 0 Å². The van der Waals surface area contributed by atoms with Crippen molar-refractivity contribution in [3.63, 3.8) is 0 Å². The van der Waals surface area contributed by atoms with Gasteiger partial charge in [-0.05, 0) is 0 Å². The highest BCUT2D eigenvalue weighted by atomic mass is 31.2. The molecule has 0 saturated heterocycles. The van der Waals surface area contributed by atoms with Gasteiger partial charge in [0.05, 0.1) is 0 Å². The second-order valence-corrected chi connectivity index (χ2v) is 5.29. The highest BCUT2D eigenvalue weighted by Gasteiger charge is 2.35. The van der Waals surface area contributed by atoms with Gasteiger partial charge in [-0.25, -0.2) is 4.57 Å². The first-order valence-electron chi connectivity index (χ1n) is 5.64. The zero-order valence-corrected chi connectivity index (χ0v) is 12.5. The first-order chi connectivity index (χ1) is 9.53. The molecule has 0 spiro atoms. The van der Waals surface area contributed by atoms with Crippen LogP contribution in [0.3, 0.4) is 0 Å². The molecule has 0 aromatic rings. The van der Waals surface area contributed by atoms with Crippen LogP contribution < -0.4 is 0 Å². The Kier molecular flexibility index (Phi) is 10.5. The number of hydrogen-bond donors (Lipinski definition) is 3. The van der Waals surface area contributed by atoms with E-state index < -0.39 is 45.1 Å². The molecule has 0 rings (SSSR count). The zero-order valence-electron chi connectivity index (χ0n) is 11.6. The van der Waals surface area contributed by atoms with Gasteiger partial charge in [-0.2, -0.15) is 26.3 Å². The fourth-order valence-electron chi connectivity index (χ4n) is 1.36. The van der Waals surface area contributed by atoms with Gasteiger partial charge in [0.2, 0.25) is 0 Å². The van der Waals surface area contributed by atoms with Gasteiger partial charge in [0.25, 0.3) is 0 Å². The van der Waals surface area contributed by atoms with Gasteiger partial charge in [-0.3, -0.25) is 0 Å². The molecule has 0 fully saturated rings. The molecule has 0 amide bonds. The van der Waals surface area contributed by atoms with E-state index in [1.807, 2.05) is 0 Å². The minimum absolute atomic E-state index is 0.00772. The first-order valence-corrected chi connectivity index (χ1v) is 7.20. The zero-order chi connectivity index (χ0) is 18.2. The van der Waals surface area contributed by atoms with Crippen LogP contribution in [0, 0.1) is 0 Å². The predicted molar refractivity (Wildman–Crippen MR) is 64.1 cm³/mol. The van der Waals surface area contributed by atoms with Crippen LogP contribution in [-0.4, -0.2) is 52.8 Å². The average molecular weight is 364 g/mol. The predicted octanol–water partition coefficient (Wildman–Crippen LogP) is 2.74. The summed E-state index contributed by atoms with van der Waals surface area (Å²) >= 11 is 0. The standard InChI is InChI=1S/C9H14F6NO.H3O4P/c1-6(5-17-2)16-7(3-8(10,11)12)4-9(13,14)15;1-5(2,3)4/h6-7H,3-5H2,1-2H3;(H3,1,2,3,4)/q-1;. The summed E-state index contributed by atoms with van der Waals surface area (Å²) in [6.45, 7) is 1.40. The van der Waals surface area contributed by atoms with Crippen LogP contribution in [-0.2, 0) is 9.30 Å². The van der Waals surface area contributed by atoms with E-state index in [0.717, 1.165) is 0 Å². The van der Waals surface area contributed by atoms with Gasteiger partial charge >= 0.3 is 20.2 Å². The summed E-state index contributed by atoms with van der Waals surface area (Å²) in [5.74, 6) is 0. The Morgan fingerprint density at radius 2 is 1.36 bits per heavy atom. The van der Waals surface area contributed by atoms with Crippen molar-refractivity contribution < 1.29 is 50.3 Å². The molecule has 22 heavy (non-hydrogen) atoms. The highest BCUT2D eigenvalue weighted by Crippen LogP contribution is 2.33. The second kappa shape index (κ2) is 9.68. The van der Waals surface area contributed by atoms with Crippen molar-refractivity contribution in [3.8, 4) is 0 Å². The lowest BCUT2D eigenvalue weighted by molar-refractivity contribution is -0.159. The average Bonchev–Trinajstić information content (AvgIpc) is 2.07. The number of ether oxygens (including phenoxy) is 1. The van der Waals surface area contributed by atoms with Gasteiger partial charge in [-0.1, -0.05) is 6.92 Å². The molecule has 136 valence electrons. The molecule has 0 radical (unpaired) electrons. The Morgan fingerprint density at radius 3 is 1.59 bits per heavy atom. The quantitative estimate of drug-likeness (QED) is 0.497. The molecule has 6 nitrogen and oxygen atoms in total. The van der Waals surface area contributed by atoms with Gasteiger partial charge in [0.1, 0.15) is 0 Å². The third-order valence-electron chi connectivity index (χ3n) is 1.81. The van der Waals surface area contributed by atoms with Crippen LogP contribution in [0.25, 0.3) is 5.32 Å². The fourth-order valence-corrected chi connectivity index (χ4v) is 1.36. The molecule has 0 bridgehead atoms. The topological polar surface area (TPSA) is 101 Å². The van der Waals surface area contributed by atoms with E-state index in [4.69, 9.17) is 19.2 Å². The summed E-state index contributed by atoms with van der Waals surface area (Å²) in [6, 6.07) is -2.50. The lowest BCUT2D eigenvalue weighted by atomic mass is 10.1. The van der Waals surface area contributed by atoms with Crippen molar-refractivity contribution in [1.82, 2.24) is 0 Å². The maximum atomic E-state index is 12.1. The molecule has 3 N–H and O–H groups in total. The number of alkyl halides is 6. The Hall–Kier alpha value is -0.390. The van der Waals surface area contributed by atoms with E-state index in [-0.39, 0.29) is 6.61 Å². The van der Waals surface area contributed by atoms with Crippen LogP contribution >= 0.6 is 7.82 Å². The number of methoxy groups -OCH3 is 1. The fraction of sp³-hybridized carbons (Fsp3) is 1.00. The van der Waals surface area contributed by atoms with Crippen molar-refractivity contribution >= 4 is 7.82 Å². The van der Waals surface area contributed by atoms with Crippen molar-refractivity contribution in [3.05, 3.63) is 5.32 Å². The van der Waals surface area contributed by atoms with Crippen molar-refractivity contribution in [2.24, 2.45) is 0 Å². The number of nitrogens with zero attached hydrogens (tertiary/aromatic N) is 1. The SMILES string of the molecule is COCC(C)[N-]C(CC(F)(F)F)CC(F)(F)F.O=P(O)(O)O. The first kappa shape index (κ1) is 23.9. The lowest BCUT2D eigenvalue weighted by Crippen LogP contribution is -2.28. The van der Waals surface area contributed by atoms with Gasteiger partial charge in [0, 0.05) is 26.6 Å². The van der Waals surface area contributed by atoms with Gasteiger partial charge in [-0.15, -0.1) is 12.1 Å². The summed E-state index contributed by atoms with van der Waals surface area (Å²) in [5.41, 5.74) is 0. The Balaban J connectivity index is 0. The van der Waals surface area contributed by atoms with Crippen molar-refractivity contribution in [2.75, 3.05) is 13.7 Å². The molecule has 13 heteroatoms. The minimum atomic E-state index is -4.66. The number of rotatable bonds is 6. The highest BCUT2D eigenvalue weighted by molar-refractivity contribution is 7.45. The van der Waals surface area contributed by atoms with Crippen LogP contribution in [0.2, 0.25) is 0 Å². The van der Waals surface area contributed by atoms with Crippen LogP contribution in [0.5, 0.6) is 0 Å². The van der Waals surface area contributed by atoms with Gasteiger partial charge in [0.15, 0.2) is 0 Å². The maximum Gasteiger partial charge on any atom is 0.466 e. The smallest absolute Gasteiger partial charge is 0.466 e. The third-order valence-corrected chi connectivity index (χ3v) is 1.81. The van der Waals surface area contributed by atoms with Crippen molar-refractivity contribution in [1.29, 1.82) is 0 Å². The van der Waals surface area contributed by atoms with Crippen LogP contribution in [0.1, 0.15) is 19.8 Å². The Labute approximate surface area is 122 Å². The molecule has 0 aromatic carbocycles. The minimum Gasteiger partial charge on any atom is -0.655 e. The van der Waals surface area contributed by atoms with Gasteiger partial charge < -0.3 is 24.7 Å². The summed E-state index contributed by atoms with van der Waals surface area (Å²) in [6.07, 6.45) is -12.5. The largest absolute Gasteiger partial charge is 0.655 e. The van der Waals surface area contributed by atoms with E-state index in [2.05, 4.69) is 10.1 Å². The molecule has 1 unspecified atom stereocenters. The Bertz CT molecular complexity index is 320. The summed E-state index contributed by atoms with van der Waals surface area (Å²) in [4.78, 5) is 21.6. The van der Waals surface area contributed by atoms with E-state index in [1.54, 1.807) is 0 Å². The number of hydrogen-bond acceptors (Lipinski definition) is 2. The monoisotopic (exact) mass is 364 g/mol. The molecular formula is C9H17F6NO5P-. The molecule has 0 aliphatic heterocycles. The lowest BCUT2D eigenvalue weighted by Gasteiger charge is -2.38. The Morgan fingerprint density at radius 1 is 1.05 bits per heavy atom. The van der Waals surface area contributed by atoms with E-state index >= 15 is 0 Å². The van der Waals surface area contributed by atoms with Crippen LogP contribution in [0.4, 0.5) is 26.3 Å². The molecule has 0 saturated carbocycles. The maximum absolute atomic E-state index is 12.1. The van der Waals surface area contributed by atoms with Crippen LogP contribution in [0.15, 0.2) is 0 Å². The van der Waals surface area contributed by atoms with E-state index in [9.17, 15) is 26.3 Å². The molecule has 0 aromatic heterocycles. The molecule has 0 heterocycles. The molecule has 0 aliphatic rings. The second-order valence-electron chi connectivity index (χ2n) is 4.26. The number of phosphoric acid groups is 1. The molecule has 1 atom stereocenters. The molecule has 0 aliphatic carbocycles. The summed E-state index contributed by atoms with van der Waals surface area (Å²) in [7, 11) is -3.34. The summed E-state index contributed by atoms with van der Waals surface area (Å²) < 4.78 is 85.8. The number of halogens is 6. The summed E-state index contributed by atoms with van der Waals surface area (Å²) in [5, 5.41) is 3.47. The third kappa shape index (κ3) is 24.6. The molecular weight excluding hydrogens is 347 g/mol. The normalized spacial score (nSPS) is 14.5. The van der Waals surface area contributed by atoms with E-state index in [1.165, 1.54) is 14.0 Å². The van der Waals surface area contributed by atoms with Crippen molar-refractivity contribution in [2.45, 2.75) is 44.2 Å².